The summed E-state index contributed by atoms with van der Waals surface area (Å²) in [6, 6.07) is 1.02. The summed E-state index contributed by atoms with van der Waals surface area (Å²) in [5.41, 5.74) is 0. The van der Waals surface area contributed by atoms with Gasteiger partial charge in [0, 0.05) is 32.6 Å². The first-order valence-electron chi connectivity index (χ1n) is 6.54. The number of carbonyl (C=O) groups is 1. The van der Waals surface area contributed by atoms with Gasteiger partial charge < -0.3 is 10.2 Å². The Labute approximate surface area is 98.6 Å². The third kappa shape index (κ3) is 3.21. The van der Waals surface area contributed by atoms with Crippen LogP contribution in [0.1, 0.15) is 39.0 Å². The first-order valence-corrected chi connectivity index (χ1v) is 6.54. The van der Waals surface area contributed by atoms with Gasteiger partial charge in [0.05, 0.1) is 0 Å². The standard InChI is InChI=1S/C13H24N2O/c1-9(8-12(16)15(2)3)14-13(10-4-5-10)11-6-7-11/h9-11,13-14H,4-8H2,1-3H3. The smallest absolute Gasteiger partial charge is 0.223 e. The summed E-state index contributed by atoms with van der Waals surface area (Å²) in [6.07, 6.45) is 6.19. The molecule has 1 amide bonds. The molecular formula is C13H24N2O. The van der Waals surface area contributed by atoms with E-state index in [4.69, 9.17) is 0 Å². The summed E-state index contributed by atoms with van der Waals surface area (Å²) in [5, 5.41) is 3.68. The molecule has 2 fully saturated rings. The number of nitrogens with zero attached hydrogens (tertiary/aromatic N) is 1. The molecule has 0 aliphatic heterocycles. The Morgan fingerprint density at radius 1 is 1.25 bits per heavy atom. The van der Waals surface area contributed by atoms with E-state index in [1.807, 2.05) is 14.1 Å². The molecule has 16 heavy (non-hydrogen) atoms. The maximum absolute atomic E-state index is 11.6. The molecule has 1 unspecified atom stereocenters. The minimum atomic E-state index is 0.227. The van der Waals surface area contributed by atoms with Crippen molar-refractivity contribution >= 4 is 5.91 Å². The molecule has 0 heterocycles. The van der Waals surface area contributed by atoms with Crippen LogP contribution < -0.4 is 5.32 Å². The number of amides is 1. The molecule has 92 valence electrons. The Morgan fingerprint density at radius 2 is 1.75 bits per heavy atom. The number of hydrogen-bond donors (Lipinski definition) is 1. The van der Waals surface area contributed by atoms with Crippen molar-refractivity contribution in [2.24, 2.45) is 11.8 Å². The maximum atomic E-state index is 11.6. The Morgan fingerprint density at radius 3 is 2.12 bits per heavy atom. The molecule has 0 spiro atoms. The van der Waals surface area contributed by atoms with E-state index >= 15 is 0 Å². The average Bonchev–Trinajstić information content (AvgIpc) is 3.05. The highest BCUT2D eigenvalue weighted by Gasteiger charge is 2.41. The van der Waals surface area contributed by atoms with E-state index in [0.717, 1.165) is 11.8 Å². The van der Waals surface area contributed by atoms with Gasteiger partial charge in [0.2, 0.25) is 5.91 Å². The highest BCUT2D eigenvalue weighted by molar-refractivity contribution is 5.76. The second-order valence-electron chi connectivity index (χ2n) is 5.76. The van der Waals surface area contributed by atoms with Gasteiger partial charge in [0.25, 0.3) is 0 Å². The summed E-state index contributed by atoms with van der Waals surface area (Å²) in [7, 11) is 3.66. The third-order valence-corrected chi connectivity index (χ3v) is 3.72. The van der Waals surface area contributed by atoms with Gasteiger partial charge in [-0.1, -0.05) is 0 Å². The first-order chi connectivity index (χ1) is 7.58. The highest BCUT2D eigenvalue weighted by Crippen LogP contribution is 2.44. The van der Waals surface area contributed by atoms with Crippen molar-refractivity contribution in [3.05, 3.63) is 0 Å². The van der Waals surface area contributed by atoms with Gasteiger partial charge in [0.15, 0.2) is 0 Å². The van der Waals surface area contributed by atoms with E-state index in [-0.39, 0.29) is 5.91 Å². The Hall–Kier alpha value is -0.570. The Kier molecular flexibility index (Phi) is 3.53. The summed E-state index contributed by atoms with van der Waals surface area (Å²) >= 11 is 0. The fraction of sp³-hybridized carbons (Fsp3) is 0.923. The maximum Gasteiger partial charge on any atom is 0.223 e. The molecule has 2 aliphatic rings. The van der Waals surface area contributed by atoms with Crippen molar-refractivity contribution in [1.29, 1.82) is 0 Å². The summed E-state index contributed by atoms with van der Waals surface area (Å²) in [4.78, 5) is 13.3. The van der Waals surface area contributed by atoms with Crippen LogP contribution in [-0.2, 0) is 4.79 Å². The molecular weight excluding hydrogens is 200 g/mol. The van der Waals surface area contributed by atoms with E-state index in [1.54, 1.807) is 4.90 Å². The average molecular weight is 224 g/mol. The number of nitrogens with one attached hydrogen (secondary N) is 1. The number of hydrogen-bond acceptors (Lipinski definition) is 2. The molecule has 1 N–H and O–H groups in total. The molecule has 2 saturated carbocycles. The summed E-state index contributed by atoms with van der Waals surface area (Å²) in [5.74, 6) is 2.04. The largest absolute Gasteiger partial charge is 0.349 e. The Bertz CT molecular complexity index is 245. The third-order valence-electron chi connectivity index (χ3n) is 3.72. The fourth-order valence-corrected chi connectivity index (χ4v) is 2.40. The van der Waals surface area contributed by atoms with Crippen molar-refractivity contribution in [2.75, 3.05) is 14.1 Å². The quantitative estimate of drug-likeness (QED) is 0.744. The minimum absolute atomic E-state index is 0.227. The number of rotatable bonds is 6. The van der Waals surface area contributed by atoms with Crippen LogP contribution in [-0.4, -0.2) is 37.0 Å². The molecule has 2 aliphatic carbocycles. The monoisotopic (exact) mass is 224 g/mol. The molecule has 3 heteroatoms. The van der Waals surface area contributed by atoms with Gasteiger partial charge in [-0.3, -0.25) is 4.79 Å². The van der Waals surface area contributed by atoms with Crippen LogP contribution in [0.4, 0.5) is 0 Å². The molecule has 1 atom stereocenters. The van der Waals surface area contributed by atoms with Crippen LogP contribution in [0.15, 0.2) is 0 Å². The van der Waals surface area contributed by atoms with Crippen molar-refractivity contribution in [3.63, 3.8) is 0 Å². The molecule has 0 aromatic heterocycles. The van der Waals surface area contributed by atoms with Crippen LogP contribution in [0.25, 0.3) is 0 Å². The van der Waals surface area contributed by atoms with Crippen LogP contribution in [0, 0.1) is 11.8 Å². The topological polar surface area (TPSA) is 32.3 Å². The molecule has 0 aromatic carbocycles. The lowest BCUT2D eigenvalue weighted by Crippen LogP contribution is -2.42. The zero-order chi connectivity index (χ0) is 11.7. The van der Waals surface area contributed by atoms with E-state index in [2.05, 4.69) is 12.2 Å². The lowest BCUT2D eigenvalue weighted by molar-refractivity contribution is -0.129. The lowest BCUT2D eigenvalue weighted by atomic mass is 10.1. The van der Waals surface area contributed by atoms with Gasteiger partial charge in [-0.05, 0) is 44.4 Å². The summed E-state index contributed by atoms with van der Waals surface area (Å²) in [6.45, 7) is 2.14. The highest BCUT2D eigenvalue weighted by atomic mass is 16.2. The molecule has 3 nitrogen and oxygen atoms in total. The van der Waals surface area contributed by atoms with Crippen LogP contribution in [0.3, 0.4) is 0 Å². The van der Waals surface area contributed by atoms with Crippen molar-refractivity contribution < 1.29 is 4.79 Å². The minimum Gasteiger partial charge on any atom is -0.349 e. The fourth-order valence-electron chi connectivity index (χ4n) is 2.40. The molecule has 0 radical (unpaired) electrons. The molecule has 0 bridgehead atoms. The van der Waals surface area contributed by atoms with Gasteiger partial charge >= 0.3 is 0 Å². The van der Waals surface area contributed by atoms with E-state index in [9.17, 15) is 4.79 Å². The predicted octanol–water partition coefficient (Wildman–Crippen LogP) is 1.63. The number of carbonyl (C=O) groups excluding carboxylic acids is 1. The van der Waals surface area contributed by atoms with Crippen LogP contribution in [0.5, 0.6) is 0 Å². The predicted molar refractivity (Wildman–Crippen MR) is 65.1 cm³/mol. The zero-order valence-electron chi connectivity index (χ0n) is 10.7. The molecule has 0 saturated heterocycles. The lowest BCUT2D eigenvalue weighted by Gasteiger charge is -2.23. The second-order valence-corrected chi connectivity index (χ2v) is 5.76. The molecule has 2 rings (SSSR count). The molecule has 0 aromatic rings. The zero-order valence-corrected chi connectivity index (χ0v) is 10.7. The van der Waals surface area contributed by atoms with Crippen LogP contribution in [0.2, 0.25) is 0 Å². The van der Waals surface area contributed by atoms with Gasteiger partial charge in [-0.25, -0.2) is 0 Å². The van der Waals surface area contributed by atoms with E-state index < -0.39 is 0 Å². The van der Waals surface area contributed by atoms with E-state index in [0.29, 0.717) is 18.5 Å². The van der Waals surface area contributed by atoms with Gasteiger partial charge in [-0.15, -0.1) is 0 Å². The first kappa shape index (κ1) is 11.9. The van der Waals surface area contributed by atoms with Crippen molar-refractivity contribution in [2.45, 2.75) is 51.1 Å². The Balaban J connectivity index is 1.76. The van der Waals surface area contributed by atoms with Crippen molar-refractivity contribution in [1.82, 2.24) is 10.2 Å². The normalized spacial score (nSPS) is 22.2. The van der Waals surface area contributed by atoms with Crippen LogP contribution >= 0.6 is 0 Å². The SMILES string of the molecule is CC(CC(=O)N(C)C)NC(C1CC1)C1CC1. The van der Waals surface area contributed by atoms with E-state index in [1.165, 1.54) is 25.7 Å². The van der Waals surface area contributed by atoms with Gasteiger partial charge in [-0.2, -0.15) is 0 Å². The van der Waals surface area contributed by atoms with Crippen molar-refractivity contribution in [3.8, 4) is 0 Å². The van der Waals surface area contributed by atoms with Gasteiger partial charge in [0.1, 0.15) is 0 Å². The summed E-state index contributed by atoms with van der Waals surface area (Å²) < 4.78 is 0. The second kappa shape index (κ2) is 4.74.